The summed E-state index contributed by atoms with van der Waals surface area (Å²) < 4.78 is 0. The van der Waals surface area contributed by atoms with E-state index in [1.54, 1.807) is 0 Å². The fourth-order valence-corrected chi connectivity index (χ4v) is 1.85. The number of rotatable bonds is 4. The molecule has 0 aliphatic carbocycles. The molecule has 90 valence electrons. The van der Waals surface area contributed by atoms with Gasteiger partial charge in [-0.3, -0.25) is 5.32 Å². The van der Waals surface area contributed by atoms with Crippen LogP contribution in [0.25, 0.3) is 0 Å². The fourth-order valence-electron chi connectivity index (χ4n) is 1.85. The van der Waals surface area contributed by atoms with Crippen molar-refractivity contribution >= 4 is 0 Å². The van der Waals surface area contributed by atoms with Gasteiger partial charge in [0.1, 0.15) is 5.54 Å². The van der Waals surface area contributed by atoms with Crippen molar-refractivity contribution in [2.45, 2.75) is 19.0 Å². The van der Waals surface area contributed by atoms with Gasteiger partial charge in [-0.25, -0.2) is 0 Å². The molecule has 0 unspecified atom stereocenters. The lowest BCUT2D eigenvalue weighted by Gasteiger charge is -2.23. The summed E-state index contributed by atoms with van der Waals surface area (Å²) in [6, 6.07) is 22.3. The molecule has 0 amide bonds. The first-order chi connectivity index (χ1) is 8.74. The smallest absolute Gasteiger partial charge is 0.129 e. The van der Waals surface area contributed by atoms with Gasteiger partial charge in [-0.1, -0.05) is 60.7 Å². The maximum Gasteiger partial charge on any atom is 0.129 e. The van der Waals surface area contributed by atoms with Gasteiger partial charge in [0, 0.05) is 6.54 Å². The van der Waals surface area contributed by atoms with Gasteiger partial charge in [0.2, 0.25) is 0 Å². The zero-order valence-electron chi connectivity index (χ0n) is 10.4. The molecule has 1 atom stereocenters. The van der Waals surface area contributed by atoms with E-state index in [4.69, 9.17) is 0 Å². The molecule has 0 radical (unpaired) electrons. The van der Waals surface area contributed by atoms with Crippen molar-refractivity contribution in [3.05, 3.63) is 71.8 Å². The minimum absolute atomic E-state index is 0.656. The van der Waals surface area contributed by atoms with Gasteiger partial charge in [-0.2, -0.15) is 5.26 Å². The highest BCUT2D eigenvalue weighted by atomic mass is 15.0. The van der Waals surface area contributed by atoms with Crippen molar-refractivity contribution in [1.82, 2.24) is 5.32 Å². The molecule has 1 N–H and O–H groups in total. The van der Waals surface area contributed by atoms with E-state index in [0.717, 1.165) is 5.56 Å². The summed E-state index contributed by atoms with van der Waals surface area (Å²) in [6.45, 7) is 2.59. The second kappa shape index (κ2) is 5.48. The highest BCUT2D eigenvalue weighted by molar-refractivity contribution is 5.30. The van der Waals surface area contributed by atoms with Crippen LogP contribution in [0.4, 0.5) is 0 Å². The molecule has 2 aromatic rings. The SMILES string of the molecule is C[C@](C#N)(NCc1ccccc1)c1ccccc1. The zero-order valence-corrected chi connectivity index (χ0v) is 10.4. The monoisotopic (exact) mass is 236 g/mol. The van der Waals surface area contributed by atoms with Crippen molar-refractivity contribution in [3.63, 3.8) is 0 Å². The van der Waals surface area contributed by atoms with Crippen LogP contribution in [-0.4, -0.2) is 0 Å². The highest BCUT2D eigenvalue weighted by Crippen LogP contribution is 2.20. The van der Waals surface area contributed by atoms with Crippen molar-refractivity contribution in [2.75, 3.05) is 0 Å². The van der Waals surface area contributed by atoms with E-state index < -0.39 is 5.54 Å². The molecule has 0 saturated heterocycles. The summed E-state index contributed by atoms with van der Waals surface area (Å²) >= 11 is 0. The van der Waals surface area contributed by atoms with Crippen molar-refractivity contribution in [2.24, 2.45) is 0 Å². The van der Waals surface area contributed by atoms with E-state index in [1.165, 1.54) is 5.56 Å². The minimum atomic E-state index is -0.656. The lowest BCUT2D eigenvalue weighted by atomic mass is 9.93. The molecule has 0 aliphatic heterocycles. The van der Waals surface area contributed by atoms with E-state index in [-0.39, 0.29) is 0 Å². The minimum Gasteiger partial charge on any atom is -0.292 e. The quantitative estimate of drug-likeness (QED) is 0.884. The molecule has 2 rings (SSSR count). The fraction of sp³-hybridized carbons (Fsp3) is 0.188. The standard InChI is InChI=1S/C16H16N2/c1-16(13-17,15-10-6-3-7-11-15)18-12-14-8-4-2-5-9-14/h2-11,18H,12H2,1H3/t16-/m1/s1. The highest BCUT2D eigenvalue weighted by Gasteiger charge is 2.24. The molecule has 0 aromatic heterocycles. The van der Waals surface area contributed by atoms with Crippen LogP contribution in [0.1, 0.15) is 18.1 Å². The molecule has 0 saturated carbocycles. The van der Waals surface area contributed by atoms with Gasteiger partial charge in [0.25, 0.3) is 0 Å². The Labute approximate surface area is 108 Å². The normalized spacial score (nSPS) is 13.6. The molecule has 0 spiro atoms. The second-order valence-corrected chi connectivity index (χ2v) is 4.44. The van der Waals surface area contributed by atoms with E-state index in [2.05, 4.69) is 23.5 Å². The summed E-state index contributed by atoms with van der Waals surface area (Å²) in [6.07, 6.45) is 0. The van der Waals surface area contributed by atoms with Crippen molar-refractivity contribution < 1.29 is 0 Å². The van der Waals surface area contributed by atoms with Crippen LogP contribution in [0.5, 0.6) is 0 Å². The first kappa shape index (κ1) is 12.3. The van der Waals surface area contributed by atoms with Gasteiger partial charge in [0.15, 0.2) is 0 Å². The topological polar surface area (TPSA) is 35.8 Å². The first-order valence-corrected chi connectivity index (χ1v) is 6.00. The van der Waals surface area contributed by atoms with Crippen LogP contribution in [0.2, 0.25) is 0 Å². The molecule has 2 aromatic carbocycles. The van der Waals surface area contributed by atoms with Crippen LogP contribution in [0.15, 0.2) is 60.7 Å². The molecule has 18 heavy (non-hydrogen) atoms. The molecule has 2 nitrogen and oxygen atoms in total. The summed E-state index contributed by atoms with van der Waals surface area (Å²) in [5.74, 6) is 0. The lowest BCUT2D eigenvalue weighted by molar-refractivity contribution is 0.464. The van der Waals surface area contributed by atoms with Crippen LogP contribution < -0.4 is 5.32 Å². The number of benzene rings is 2. The number of nitrogens with one attached hydrogen (secondary N) is 1. The van der Waals surface area contributed by atoms with Gasteiger partial charge < -0.3 is 0 Å². The summed E-state index contributed by atoms with van der Waals surface area (Å²) in [5, 5.41) is 12.7. The van der Waals surface area contributed by atoms with Crippen LogP contribution in [-0.2, 0) is 12.1 Å². The molecular weight excluding hydrogens is 220 g/mol. The number of hydrogen-bond acceptors (Lipinski definition) is 2. The molecule has 0 bridgehead atoms. The van der Waals surface area contributed by atoms with E-state index in [1.807, 2.05) is 55.5 Å². The molecule has 0 heterocycles. The Balaban J connectivity index is 2.13. The third-order valence-electron chi connectivity index (χ3n) is 3.06. The molecular formula is C16H16N2. The largest absolute Gasteiger partial charge is 0.292 e. The summed E-state index contributed by atoms with van der Waals surface area (Å²) in [4.78, 5) is 0. The third-order valence-corrected chi connectivity index (χ3v) is 3.06. The number of nitrogens with zero attached hydrogens (tertiary/aromatic N) is 1. The predicted molar refractivity (Wildman–Crippen MR) is 72.7 cm³/mol. The first-order valence-electron chi connectivity index (χ1n) is 6.00. The average Bonchev–Trinajstić information content (AvgIpc) is 2.47. The summed E-state index contributed by atoms with van der Waals surface area (Å²) in [5.41, 5.74) is 1.51. The predicted octanol–water partition coefficient (Wildman–Crippen LogP) is 3.22. The zero-order chi connectivity index (χ0) is 12.8. The number of nitriles is 1. The second-order valence-electron chi connectivity index (χ2n) is 4.44. The lowest BCUT2D eigenvalue weighted by Crippen LogP contribution is -2.37. The van der Waals surface area contributed by atoms with Gasteiger partial charge in [0.05, 0.1) is 6.07 Å². The Morgan fingerprint density at radius 1 is 1.00 bits per heavy atom. The Kier molecular flexibility index (Phi) is 3.76. The number of hydrogen-bond donors (Lipinski definition) is 1. The third kappa shape index (κ3) is 2.77. The Morgan fingerprint density at radius 3 is 2.11 bits per heavy atom. The Hall–Kier alpha value is -2.11. The molecule has 0 aliphatic rings. The van der Waals surface area contributed by atoms with Crippen LogP contribution >= 0.6 is 0 Å². The Bertz CT molecular complexity index is 528. The Morgan fingerprint density at radius 2 is 1.56 bits per heavy atom. The van der Waals surface area contributed by atoms with Gasteiger partial charge in [-0.15, -0.1) is 0 Å². The maximum absolute atomic E-state index is 9.40. The van der Waals surface area contributed by atoms with Gasteiger partial charge >= 0.3 is 0 Å². The molecule has 0 fully saturated rings. The van der Waals surface area contributed by atoms with Crippen LogP contribution in [0.3, 0.4) is 0 Å². The van der Waals surface area contributed by atoms with Gasteiger partial charge in [-0.05, 0) is 18.1 Å². The van der Waals surface area contributed by atoms with E-state index >= 15 is 0 Å². The van der Waals surface area contributed by atoms with E-state index in [0.29, 0.717) is 6.54 Å². The molecule has 2 heteroatoms. The maximum atomic E-state index is 9.40. The average molecular weight is 236 g/mol. The van der Waals surface area contributed by atoms with Crippen molar-refractivity contribution in [1.29, 1.82) is 5.26 Å². The van der Waals surface area contributed by atoms with Crippen LogP contribution in [0, 0.1) is 11.3 Å². The van der Waals surface area contributed by atoms with Crippen molar-refractivity contribution in [3.8, 4) is 6.07 Å². The summed E-state index contributed by atoms with van der Waals surface area (Å²) in [7, 11) is 0. The van der Waals surface area contributed by atoms with E-state index in [9.17, 15) is 5.26 Å².